The van der Waals surface area contributed by atoms with Crippen LogP contribution in [0.3, 0.4) is 0 Å². The van der Waals surface area contributed by atoms with Crippen molar-refractivity contribution >= 4 is 11.9 Å². The van der Waals surface area contributed by atoms with E-state index in [1.54, 1.807) is 0 Å². The predicted octanol–water partition coefficient (Wildman–Crippen LogP) is 0.00750. The van der Waals surface area contributed by atoms with Crippen LogP contribution in [0.4, 0.5) is 0 Å². The molecule has 1 saturated heterocycles. The van der Waals surface area contributed by atoms with Gasteiger partial charge >= 0.3 is 11.9 Å². The van der Waals surface area contributed by atoms with Crippen LogP contribution in [0, 0.1) is 5.92 Å². The summed E-state index contributed by atoms with van der Waals surface area (Å²) in [6.45, 7) is 5.85. The van der Waals surface area contributed by atoms with Crippen LogP contribution in [-0.4, -0.2) is 50.1 Å². The molecule has 0 aromatic carbocycles. The zero-order valence-corrected chi connectivity index (χ0v) is 9.99. The Bertz CT molecular complexity index is 250. The Labute approximate surface area is 96.1 Å². The number of carbonyl (C=O) groups is 2. The molecule has 0 aromatic heterocycles. The zero-order valence-electron chi connectivity index (χ0n) is 9.99. The summed E-state index contributed by atoms with van der Waals surface area (Å²) >= 11 is 0. The zero-order chi connectivity index (χ0) is 12.0. The lowest BCUT2D eigenvalue weighted by molar-refractivity contribution is -0.152. The fourth-order valence-electron chi connectivity index (χ4n) is 1.90. The highest BCUT2D eigenvalue weighted by molar-refractivity contribution is 6.32. The Morgan fingerprint density at radius 3 is 2.56 bits per heavy atom. The first kappa shape index (κ1) is 13.0. The molecule has 0 spiro atoms. The molecule has 1 aliphatic rings. The number of methoxy groups -OCH3 is 1. The number of hydrogen-bond donors (Lipinski definition) is 1. The van der Waals surface area contributed by atoms with Gasteiger partial charge in [0.25, 0.3) is 0 Å². The summed E-state index contributed by atoms with van der Waals surface area (Å²) in [6.07, 6.45) is 2.53. The third kappa shape index (κ3) is 4.18. The minimum absolute atomic E-state index is 0.353. The van der Waals surface area contributed by atoms with Crippen molar-refractivity contribution in [1.82, 2.24) is 10.2 Å². The van der Waals surface area contributed by atoms with Gasteiger partial charge in [0, 0.05) is 13.1 Å². The average molecular weight is 228 g/mol. The summed E-state index contributed by atoms with van der Waals surface area (Å²) in [4.78, 5) is 24.3. The van der Waals surface area contributed by atoms with Gasteiger partial charge in [-0.3, -0.25) is 4.79 Å². The molecule has 1 atom stereocenters. The van der Waals surface area contributed by atoms with E-state index >= 15 is 0 Å². The van der Waals surface area contributed by atoms with Crippen molar-refractivity contribution in [2.75, 3.05) is 33.3 Å². The van der Waals surface area contributed by atoms with Crippen LogP contribution >= 0.6 is 0 Å². The maximum atomic E-state index is 11.1. The molecule has 0 bridgehead atoms. The fraction of sp³-hybridized carbons (Fsp3) is 0.818. The van der Waals surface area contributed by atoms with E-state index in [2.05, 4.69) is 21.9 Å². The summed E-state index contributed by atoms with van der Waals surface area (Å²) in [5.74, 6) is -1.13. The number of nitrogens with one attached hydrogen (secondary N) is 1. The number of esters is 1. The summed E-state index contributed by atoms with van der Waals surface area (Å²) in [7, 11) is 1.20. The summed E-state index contributed by atoms with van der Waals surface area (Å²) < 4.78 is 4.32. The largest absolute Gasteiger partial charge is 0.462 e. The van der Waals surface area contributed by atoms with Crippen LogP contribution in [0.25, 0.3) is 0 Å². The van der Waals surface area contributed by atoms with Gasteiger partial charge in [-0.1, -0.05) is 6.92 Å². The Balaban J connectivity index is 2.16. The topological polar surface area (TPSA) is 58.6 Å². The van der Waals surface area contributed by atoms with E-state index in [4.69, 9.17) is 0 Å². The molecule has 1 rings (SSSR count). The van der Waals surface area contributed by atoms with Crippen molar-refractivity contribution in [2.45, 2.75) is 19.8 Å². The molecule has 0 aromatic rings. The number of likely N-dealkylation sites (tertiary alicyclic amines) is 1. The average Bonchev–Trinajstić information content (AvgIpc) is 2.77. The van der Waals surface area contributed by atoms with Gasteiger partial charge < -0.3 is 15.0 Å². The molecule has 1 unspecified atom stereocenters. The smallest absolute Gasteiger partial charge is 0.396 e. The maximum absolute atomic E-state index is 11.1. The van der Waals surface area contributed by atoms with E-state index in [9.17, 15) is 9.59 Å². The second kappa shape index (κ2) is 6.48. The fourth-order valence-corrected chi connectivity index (χ4v) is 1.90. The SMILES string of the molecule is COC(=O)C(=O)NCC(C)CN1CCCC1. The van der Waals surface area contributed by atoms with Crippen LogP contribution < -0.4 is 5.32 Å². The lowest BCUT2D eigenvalue weighted by Gasteiger charge is -2.20. The molecule has 1 aliphatic heterocycles. The molecular weight excluding hydrogens is 208 g/mol. The van der Waals surface area contributed by atoms with Crippen molar-refractivity contribution in [2.24, 2.45) is 5.92 Å². The van der Waals surface area contributed by atoms with Gasteiger partial charge in [0.15, 0.2) is 0 Å². The summed E-state index contributed by atoms with van der Waals surface area (Å²) in [5, 5.41) is 2.57. The summed E-state index contributed by atoms with van der Waals surface area (Å²) in [6, 6.07) is 0. The molecule has 5 heteroatoms. The number of amides is 1. The first-order valence-corrected chi connectivity index (χ1v) is 5.72. The third-order valence-electron chi connectivity index (χ3n) is 2.75. The van der Waals surface area contributed by atoms with E-state index in [0.717, 1.165) is 19.6 Å². The van der Waals surface area contributed by atoms with E-state index in [-0.39, 0.29) is 0 Å². The molecule has 0 saturated carbocycles. The monoisotopic (exact) mass is 228 g/mol. The quantitative estimate of drug-likeness (QED) is 0.544. The Kier molecular flexibility index (Phi) is 5.25. The molecule has 0 aliphatic carbocycles. The second-order valence-electron chi connectivity index (χ2n) is 4.31. The van der Waals surface area contributed by atoms with Crippen molar-refractivity contribution in [3.63, 3.8) is 0 Å². The van der Waals surface area contributed by atoms with E-state index in [0.29, 0.717) is 12.5 Å². The number of ether oxygens (including phenoxy) is 1. The van der Waals surface area contributed by atoms with Crippen LogP contribution in [0.1, 0.15) is 19.8 Å². The molecule has 1 N–H and O–H groups in total. The molecule has 0 radical (unpaired) electrons. The predicted molar refractivity (Wildman–Crippen MR) is 59.9 cm³/mol. The highest BCUT2D eigenvalue weighted by atomic mass is 16.5. The Hall–Kier alpha value is -1.10. The van der Waals surface area contributed by atoms with Crippen molar-refractivity contribution in [1.29, 1.82) is 0 Å². The summed E-state index contributed by atoms with van der Waals surface area (Å²) in [5.41, 5.74) is 0. The molecule has 5 nitrogen and oxygen atoms in total. The van der Waals surface area contributed by atoms with E-state index < -0.39 is 11.9 Å². The molecule has 1 heterocycles. The van der Waals surface area contributed by atoms with Gasteiger partial charge in [-0.15, -0.1) is 0 Å². The number of rotatable bonds is 4. The maximum Gasteiger partial charge on any atom is 0.396 e. The van der Waals surface area contributed by atoms with Gasteiger partial charge in [0.1, 0.15) is 0 Å². The minimum atomic E-state index is -0.826. The van der Waals surface area contributed by atoms with Crippen LogP contribution in [0.15, 0.2) is 0 Å². The lowest BCUT2D eigenvalue weighted by Crippen LogP contribution is -2.38. The van der Waals surface area contributed by atoms with Gasteiger partial charge in [0.2, 0.25) is 0 Å². The third-order valence-corrected chi connectivity index (χ3v) is 2.75. The second-order valence-corrected chi connectivity index (χ2v) is 4.31. The van der Waals surface area contributed by atoms with E-state index in [1.165, 1.54) is 20.0 Å². The molecular formula is C11H20N2O3. The van der Waals surface area contributed by atoms with Crippen molar-refractivity contribution in [3.8, 4) is 0 Å². The first-order valence-electron chi connectivity index (χ1n) is 5.72. The van der Waals surface area contributed by atoms with Crippen LogP contribution in [0.5, 0.6) is 0 Å². The number of nitrogens with zero attached hydrogens (tertiary/aromatic N) is 1. The van der Waals surface area contributed by atoms with Crippen molar-refractivity contribution in [3.05, 3.63) is 0 Å². The standard InChI is InChI=1S/C11H20N2O3/c1-9(8-13-5-3-4-6-13)7-12-10(14)11(15)16-2/h9H,3-8H2,1-2H3,(H,12,14). The van der Waals surface area contributed by atoms with E-state index in [1.807, 2.05) is 0 Å². The molecule has 92 valence electrons. The van der Waals surface area contributed by atoms with Crippen molar-refractivity contribution < 1.29 is 14.3 Å². The minimum Gasteiger partial charge on any atom is -0.462 e. The lowest BCUT2D eigenvalue weighted by atomic mass is 10.1. The van der Waals surface area contributed by atoms with Gasteiger partial charge in [-0.25, -0.2) is 4.79 Å². The molecule has 16 heavy (non-hydrogen) atoms. The molecule has 1 fully saturated rings. The molecule has 1 amide bonds. The van der Waals surface area contributed by atoms with Gasteiger partial charge in [0.05, 0.1) is 7.11 Å². The highest BCUT2D eigenvalue weighted by Crippen LogP contribution is 2.09. The first-order chi connectivity index (χ1) is 7.63. The van der Waals surface area contributed by atoms with Crippen LogP contribution in [-0.2, 0) is 14.3 Å². The van der Waals surface area contributed by atoms with Gasteiger partial charge in [-0.05, 0) is 31.8 Å². The Morgan fingerprint density at radius 2 is 2.00 bits per heavy atom. The van der Waals surface area contributed by atoms with Crippen LogP contribution in [0.2, 0.25) is 0 Å². The number of carbonyl (C=O) groups excluding carboxylic acids is 2. The highest BCUT2D eigenvalue weighted by Gasteiger charge is 2.17. The van der Waals surface area contributed by atoms with Gasteiger partial charge in [-0.2, -0.15) is 0 Å². The number of hydrogen-bond acceptors (Lipinski definition) is 4. The normalized spacial score (nSPS) is 18.1. The Morgan fingerprint density at radius 1 is 1.38 bits per heavy atom.